The fraction of sp³-hybridized carbons (Fsp3) is 0.368. The van der Waals surface area contributed by atoms with Crippen molar-refractivity contribution in [2.75, 3.05) is 18.9 Å². The predicted octanol–water partition coefficient (Wildman–Crippen LogP) is 3.70. The van der Waals surface area contributed by atoms with Crippen LogP contribution in [0.25, 0.3) is 22.2 Å². The van der Waals surface area contributed by atoms with Crippen molar-refractivity contribution in [1.29, 1.82) is 0 Å². The number of hydrogen-bond donors (Lipinski definition) is 3. The van der Waals surface area contributed by atoms with Crippen LogP contribution in [0.2, 0.25) is 0 Å². The van der Waals surface area contributed by atoms with Gasteiger partial charge in [0.25, 0.3) is 0 Å². The summed E-state index contributed by atoms with van der Waals surface area (Å²) in [6.07, 6.45) is 1.82. The molecule has 0 aliphatic heterocycles. The van der Waals surface area contributed by atoms with Crippen molar-refractivity contribution in [3.8, 4) is 17.0 Å². The summed E-state index contributed by atoms with van der Waals surface area (Å²) in [7, 11) is 0. The molecule has 2 aromatic heterocycles. The first-order chi connectivity index (χ1) is 12.8. The fourth-order valence-electron chi connectivity index (χ4n) is 2.61. The number of hydrogen-bond acceptors (Lipinski definition) is 6. The summed E-state index contributed by atoms with van der Waals surface area (Å²) in [6.45, 7) is 6.33. The molecular formula is C19H24N4O4. The lowest BCUT2D eigenvalue weighted by atomic mass is 10.1. The second-order valence-electron chi connectivity index (χ2n) is 7.11. The molecule has 0 fully saturated rings. The highest BCUT2D eigenvalue weighted by Crippen LogP contribution is 2.37. The monoisotopic (exact) mass is 372 g/mol. The van der Waals surface area contributed by atoms with E-state index in [1.165, 1.54) is 0 Å². The molecule has 3 rings (SSSR count). The third-order valence-electron chi connectivity index (χ3n) is 3.70. The zero-order valence-electron chi connectivity index (χ0n) is 15.7. The van der Waals surface area contributed by atoms with Gasteiger partial charge in [0.2, 0.25) is 0 Å². The van der Waals surface area contributed by atoms with Gasteiger partial charge >= 0.3 is 6.09 Å². The molecule has 0 bridgehead atoms. The topological polar surface area (TPSA) is 115 Å². The van der Waals surface area contributed by atoms with E-state index in [2.05, 4.69) is 15.5 Å². The maximum absolute atomic E-state index is 11.6. The van der Waals surface area contributed by atoms with Gasteiger partial charge in [0, 0.05) is 18.0 Å². The summed E-state index contributed by atoms with van der Waals surface area (Å²) in [5, 5.41) is 10.5. The molecule has 8 heteroatoms. The van der Waals surface area contributed by atoms with Crippen LogP contribution in [0.3, 0.4) is 0 Å². The number of carbonyl (C=O) groups excluding carboxylic acids is 1. The molecule has 0 spiro atoms. The van der Waals surface area contributed by atoms with Crippen LogP contribution in [0, 0.1) is 0 Å². The number of alkyl carbamates (subject to hydrolysis) is 1. The maximum Gasteiger partial charge on any atom is 0.407 e. The van der Waals surface area contributed by atoms with Crippen molar-refractivity contribution < 1.29 is 18.7 Å². The molecule has 144 valence electrons. The quantitative estimate of drug-likeness (QED) is 0.568. The first-order valence-electron chi connectivity index (χ1n) is 8.74. The van der Waals surface area contributed by atoms with Crippen molar-refractivity contribution in [3.63, 3.8) is 0 Å². The summed E-state index contributed by atoms with van der Waals surface area (Å²) < 4.78 is 16.7. The molecule has 0 aliphatic carbocycles. The highest BCUT2D eigenvalue weighted by molar-refractivity contribution is 5.95. The summed E-state index contributed by atoms with van der Waals surface area (Å²) in [5.41, 5.74) is 7.40. The van der Waals surface area contributed by atoms with Crippen LogP contribution in [-0.4, -0.2) is 35.0 Å². The van der Waals surface area contributed by atoms with E-state index >= 15 is 0 Å². The number of carbonyl (C=O) groups is 1. The number of amides is 1. The number of ether oxygens (including phenoxy) is 2. The number of fused-ring (bicyclic) bond motifs is 1. The molecule has 27 heavy (non-hydrogen) atoms. The van der Waals surface area contributed by atoms with Gasteiger partial charge in [-0.15, -0.1) is 0 Å². The molecule has 1 aromatic carbocycles. The zero-order chi connectivity index (χ0) is 19.4. The van der Waals surface area contributed by atoms with Crippen molar-refractivity contribution in [1.82, 2.24) is 15.5 Å². The van der Waals surface area contributed by atoms with E-state index in [1.807, 2.05) is 39.0 Å². The van der Waals surface area contributed by atoms with Crippen LogP contribution in [0.1, 0.15) is 27.2 Å². The molecule has 1 amide bonds. The van der Waals surface area contributed by atoms with Crippen molar-refractivity contribution in [2.45, 2.75) is 32.8 Å². The van der Waals surface area contributed by atoms with Crippen molar-refractivity contribution >= 4 is 22.9 Å². The van der Waals surface area contributed by atoms with Gasteiger partial charge < -0.3 is 24.9 Å². The van der Waals surface area contributed by atoms with Crippen molar-refractivity contribution in [3.05, 3.63) is 30.5 Å². The molecule has 8 nitrogen and oxygen atoms in total. The largest absolute Gasteiger partial charge is 0.493 e. The first-order valence-corrected chi connectivity index (χ1v) is 8.74. The second kappa shape index (κ2) is 7.61. The van der Waals surface area contributed by atoms with E-state index < -0.39 is 11.7 Å². The number of nitrogens with zero attached hydrogens (tertiary/aromatic N) is 1. The number of H-pyrrole nitrogens is 1. The lowest BCUT2D eigenvalue weighted by molar-refractivity contribution is 0.0525. The van der Waals surface area contributed by atoms with Crippen LogP contribution in [0.5, 0.6) is 5.75 Å². The lowest BCUT2D eigenvalue weighted by Crippen LogP contribution is -2.33. The molecular weight excluding hydrogens is 348 g/mol. The van der Waals surface area contributed by atoms with Gasteiger partial charge in [-0.3, -0.25) is 5.10 Å². The number of nitrogens with one attached hydrogen (secondary N) is 2. The maximum atomic E-state index is 11.6. The highest BCUT2D eigenvalue weighted by Gasteiger charge is 2.17. The Morgan fingerprint density at radius 3 is 2.85 bits per heavy atom. The summed E-state index contributed by atoms with van der Waals surface area (Å²) in [5.74, 6) is 1.04. The Labute approximate surface area is 157 Å². The molecule has 0 radical (unpaired) electrons. The van der Waals surface area contributed by atoms with Gasteiger partial charge in [-0.05, 0) is 45.4 Å². The third-order valence-corrected chi connectivity index (χ3v) is 3.70. The van der Waals surface area contributed by atoms with Crippen LogP contribution in [0.4, 0.5) is 10.6 Å². The highest BCUT2D eigenvalue weighted by atomic mass is 16.6. The number of anilines is 1. The smallest absolute Gasteiger partial charge is 0.407 e. The van der Waals surface area contributed by atoms with Gasteiger partial charge in [-0.25, -0.2) is 4.79 Å². The summed E-state index contributed by atoms with van der Waals surface area (Å²) >= 11 is 0. The Morgan fingerprint density at radius 1 is 1.33 bits per heavy atom. The number of nitrogens with two attached hydrogens (primary N) is 1. The van der Waals surface area contributed by atoms with Crippen LogP contribution < -0.4 is 15.8 Å². The fourth-order valence-corrected chi connectivity index (χ4v) is 2.61. The van der Waals surface area contributed by atoms with E-state index in [9.17, 15) is 4.79 Å². The average molecular weight is 372 g/mol. The molecule has 0 saturated carbocycles. The van der Waals surface area contributed by atoms with E-state index in [0.29, 0.717) is 36.7 Å². The van der Waals surface area contributed by atoms with Crippen LogP contribution >= 0.6 is 0 Å². The molecule has 0 aliphatic rings. The minimum absolute atomic E-state index is 0.390. The Hall–Kier alpha value is -3.16. The summed E-state index contributed by atoms with van der Waals surface area (Å²) in [4.78, 5) is 11.6. The van der Waals surface area contributed by atoms with E-state index in [4.69, 9.17) is 19.6 Å². The zero-order valence-corrected chi connectivity index (χ0v) is 15.7. The summed E-state index contributed by atoms with van der Waals surface area (Å²) in [6, 6.07) is 7.42. The number of benzene rings is 1. The molecule has 0 atom stereocenters. The minimum Gasteiger partial charge on any atom is -0.493 e. The van der Waals surface area contributed by atoms with Gasteiger partial charge in [0.15, 0.2) is 0 Å². The normalized spacial score (nSPS) is 11.5. The van der Waals surface area contributed by atoms with E-state index in [1.54, 1.807) is 12.3 Å². The molecule has 2 heterocycles. The molecule has 4 N–H and O–H groups in total. The predicted molar refractivity (Wildman–Crippen MR) is 103 cm³/mol. The SMILES string of the molecule is CC(C)(C)OC(=O)NCCCOc1ccc2ccoc2c1-c1cc(N)n[nH]1. The standard InChI is InChI=1S/C19H24N4O4/c1-19(2,3)27-18(24)21-8-4-9-25-14-6-5-12-7-10-26-17(12)16(14)13-11-15(20)23-22-13/h5-7,10-11H,4,8-9H2,1-3H3,(H,21,24)(H3,20,22,23). The molecule has 3 aromatic rings. The van der Waals surface area contributed by atoms with E-state index in [0.717, 1.165) is 16.6 Å². The third kappa shape index (κ3) is 4.72. The van der Waals surface area contributed by atoms with Gasteiger partial charge in [-0.1, -0.05) is 0 Å². The average Bonchev–Trinajstić information content (AvgIpc) is 3.21. The number of aromatic amines is 1. The molecule has 0 saturated heterocycles. The van der Waals surface area contributed by atoms with Gasteiger partial charge in [0.05, 0.1) is 24.1 Å². The number of furan rings is 1. The number of aromatic nitrogens is 2. The van der Waals surface area contributed by atoms with Crippen LogP contribution in [0.15, 0.2) is 34.9 Å². The van der Waals surface area contributed by atoms with Crippen LogP contribution in [-0.2, 0) is 4.74 Å². The minimum atomic E-state index is -0.514. The second-order valence-corrected chi connectivity index (χ2v) is 7.11. The molecule has 0 unspecified atom stereocenters. The number of rotatable bonds is 6. The Kier molecular flexibility index (Phi) is 5.25. The Balaban J connectivity index is 1.63. The Morgan fingerprint density at radius 2 is 2.15 bits per heavy atom. The van der Waals surface area contributed by atoms with Gasteiger partial charge in [-0.2, -0.15) is 5.10 Å². The van der Waals surface area contributed by atoms with Crippen molar-refractivity contribution in [2.24, 2.45) is 0 Å². The van der Waals surface area contributed by atoms with Gasteiger partial charge in [0.1, 0.15) is 22.8 Å². The lowest BCUT2D eigenvalue weighted by Gasteiger charge is -2.19. The Bertz CT molecular complexity index is 923. The number of nitrogen functional groups attached to an aromatic ring is 1. The first kappa shape index (κ1) is 18.6. The van der Waals surface area contributed by atoms with E-state index in [-0.39, 0.29) is 0 Å².